The molecule has 5 heteroatoms. The summed E-state index contributed by atoms with van der Waals surface area (Å²) in [6.07, 6.45) is 4.76. The third-order valence-corrected chi connectivity index (χ3v) is 6.58. The third-order valence-electron chi connectivity index (χ3n) is 6.20. The number of ether oxygens (including phenoxy) is 1. The number of nitrogens with one attached hydrogen (secondary N) is 1. The zero-order chi connectivity index (χ0) is 24.2. The number of aryl methyl sites for hydroxylation is 1. The molecule has 0 saturated heterocycles. The normalized spacial score (nSPS) is 11.6. The monoisotopic (exact) mass is 476 g/mol. The fourth-order valence-corrected chi connectivity index (χ4v) is 4.54. The molecule has 2 N–H and O–H groups in total. The van der Waals surface area contributed by atoms with Gasteiger partial charge in [-0.05, 0) is 73.1 Å². The summed E-state index contributed by atoms with van der Waals surface area (Å²) in [6, 6.07) is 27.0. The van der Waals surface area contributed by atoms with Crippen LogP contribution in [0, 0.1) is 0 Å². The fourth-order valence-electron chi connectivity index (χ4n) is 4.20. The molecule has 0 heterocycles. The molecule has 0 saturated carbocycles. The highest BCUT2D eigenvalue weighted by Crippen LogP contribution is 2.27. The van der Waals surface area contributed by atoms with Gasteiger partial charge in [-0.15, -0.1) is 0 Å². The molecule has 0 aliphatic heterocycles. The van der Waals surface area contributed by atoms with Gasteiger partial charge in [-0.3, -0.25) is 0 Å². The van der Waals surface area contributed by atoms with E-state index in [9.17, 15) is 5.11 Å². The predicted molar refractivity (Wildman–Crippen MR) is 145 cm³/mol. The zero-order valence-electron chi connectivity index (χ0n) is 20.2. The Labute approximate surface area is 209 Å². The lowest BCUT2D eigenvalue weighted by Crippen LogP contribution is -2.47. The van der Waals surface area contributed by atoms with Crippen molar-refractivity contribution >= 4 is 17.3 Å². The fraction of sp³-hybridized carbons (Fsp3) is 0.345. The highest BCUT2D eigenvalue weighted by molar-refractivity contribution is 7.80. The lowest BCUT2D eigenvalue weighted by Gasteiger charge is -2.34. The third kappa shape index (κ3) is 7.77. The molecule has 0 fully saturated rings. The number of methoxy groups -OCH3 is 1. The summed E-state index contributed by atoms with van der Waals surface area (Å²) in [6.45, 7) is 3.92. The Morgan fingerprint density at radius 2 is 1.56 bits per heavy atom. The largest absolute Gasteiger partial charge is 0.504 e. The number of hydrogen-bond donors (Lipinski definition) is 2. The predicted octanol–water partition coefficient (Wildman–Crippen LogP) is 5.77. The van der Waals surface area contributed by atoms with Gasteiger partial charge in [-0.2, -0.15) is 0 Å². The van der Waals surface area contributed by atoms with Crippen LogP contribution in [-0.4, -0.2) is 41.4 Å². The maximum atomic E-state index is 9.90. The van der Waals surface area contributed by atoms with E-state index < -0.39 is 0 Å². The number of phenolic OH excluding ortho intramolecular Hbond substituents is 1. The first-order chi connectivity index (χ1) is 16.6. The van der Waals surface area contributed by atoms with Gasteiger partial charge < -0.3 is 20.1 Å². The van der Waals surface area contributed by atoms with Gasteiger partial charge in [0.05, 0.1) is 7.11 Å². The molecular weight excluding hydrogens is 440 g/mol. The van der Waals surface area contributed by atoms with E-state index in [1.54, 1.807) is 13.2 Å². The molecule has 0 aromatic heterocycles. The molecule has 3 aromatic carbocycles. The van der Waals surface area contributed by atoms with Crippen LogP contribution in [0.25, 0.3) is 0 Å². The smallest absolute Gasteiger partial charge is 0.169 e. The van der Waals surface area contributed by atoms with Crippen molar-refractivity contribution in [3.05, 3.63) is 95.6 Å². The van der Waals surface area contributed by atoms with Gasteiger partial charge in [-0.1, -0.05) is 73.7 Å². The molecule has 0 bridgehead atoms. The van der Waals surface area contributed by atoms with Gasteiger partial charge in [0.25, 0.3) is 0 Å². The highest BCUT2D eigenvalue weighted by Gasteiger charge is 2.20. The van der Waals surface area contributed by atoms with Crippen LogP contribution in [0.4, 0.5) is 0 Å². The van der Waals surface area contributed by atoms with Crippen molar-refractivity contribution < 1.29 is 9.84 Å². The SMILES string of the molecule is CCC(CCc1ccc(O)c(OC)c1)N(CCc1ccccc1)C(=S)NCCc1ccccc1. The molecule has 3 aromatic rings. The molecule has 180 valence electrons. The van der Waals surface area contributed by atoms with Crippen molar-refractivity contribution in [1.82, 2.24) is 10.2 Å². The second-order valence-corrected chi connectivity index (χ2v) is 8.89. The standard InChI is InChI=1S/C29H36N2O2S/c1-3-26(16-14-25-15-17-27(32)28(22-25)33-2)31(21-19-24-12-8-5-9-13-24)29(34)30-20-18-23-10-6-4-7-11-23/h4-13,15,17,22,26,32H,3,14,16,18-21H2,1-2H3,(H,30,34). The number of hydrogen-bond acceptors (Lipinski definition) is 3. The Balaban J connectivity index is 1.65. The lowest BCUT2D eigenvalue weighted by atomic mass is 10.0. The molecule has 34 heavy (non-hydrogen) atoms. The minimum Gasteiger partial charge on any atom is -0.504 e. The zero-order valence-corrected chi connectivity index (χ0v) is 21.1. The van der Waals surface area contributed by atoms with Crippen molar-refractivity contribution in [1.29, 1.82) is 0 Å². The summed E-state index contributed by atoms with van der Waals surface area (Å²) in [4.78, 5) is 2.37. The lowest BCUT2D eigenvalue weighted by molar-refractivity contribution is 0.286. The summed E-state index contributed by atoms with van der Waals surface area (Å²) in [5, 5.41) is 14.2. The van der Waals surface area contributed by atoms with Crippen LogP contribution in [0.1, 0.15) is 36.5 Å². The van der Waals surface area contributed by atoms with Gasteiger partial charge in [-0.25, -0.2) is 0 Å². The molecule has 1 atom stereocenters. The number of rotatable bonds is 12. The number of thiocarbonyl (C=S) groups is 1. The highest BCUT2D eigenvalue weighted by atomic mass is 32.1. The quantitative estimate of drug-likeness (QED) is 0.325. The summed E-state index contributed by atoms with van der Waals surface area (Å²) in [5.74, 6) is 0.691. The van der Waals surface area contributed by atoms with Gasteiger partial charge in [0, 0.05) is 19.1 Å². The van der Waals surface area contributed by atoms with Crippen LogP contribution >= 0.6 is 12.2 Å². The van der Waals surface area contributed by atoms with Crippen molar-refractivity contribution in [2.75, 3.05) is 20.2 Å². The van der Waals surface area contributed by atoms with Crippen LogP contribution < -0.4 is 10.1 Å². The topological polar surface area (TPSA) is 44.7 Å². The molecule has 0 aliphatic carbocycles. The van der Waals surface area contributed by atoms with Crippen molar-refractivity contribution in [3.63, 3.8) is 0 Å². The molecule has 0 aliphatic rings. The Hall–Kier alpha value is -3.05. The van der Waals surface area contributed by atoms with Gasteiger partial charge in [0.2, 0.25) is 0 Å². The van der Waals surface area contributed by atoms with E-state index in [1.165, 1.54) is 11.1 Å². The Kier molecular flexibility index (Phi) is 10.2. The van der Waals surface area contributed by atoms with E-state index in [2.05, 4.69) is 71.7 Å². The van der Waals surface area contributed by atoms with Crippen LogP contribution in [0.2, 0.25) is 0 Å². The van der Waals surface area contributed by atoms with Crippen LogP contribution in [0.15, 0.2) is 78.9 Å². The van der Waals surface area contributed by atoms with E-state index in [4.69, 9.17) is 17.0 Å². The molecular formula is C29H36N2O2S. The summed E-state index contributed by atoms with van der Waals surface area (Å²) in [7, 11) is 1.58. The van der Waals surface area contributed by atoms with Crippen molar-refractivity contribution in [3.8, 4) is 11.5 Å². The van der Waals surface area contributed by atoms with E-state index in [1.807, 2.05) is 18.2 Å². The molecule has 4 nitrogen and oxygen atoms in total. The first-order valence-corrected chi connectivity index (χ1v) is 12.5. The Morgan fingerprint density at radius 1 is 0.912 bits per heavy atom. The van der Waals surface area contributed by atoms with E-state index >= 15 is 0 Å². The first-order valence-electron chi connectivity index (χ1n) is 12.1. The van der Waals surface area contributed by atoms with Gasteiger partial charge in [0.1, 0.15) is 0 Å². The van der Waals surface area contributed by atoms with Gasteiger partial charge in [0.15, 0.2) is 16.6 Å². The van der Waals surface area contributed by atoms with Crippen molar-refractivity contribution in [2.45, 2.75) is 45.1 Å². The first kappa shape index (κ1) is 25.6. The second kappa shape index (κ2) is 13.6. The number of benzene rings is 3. The van der Waals surface area contributed by atoms with Crippen LogP contribution in [-0.2, 0) is 19.3 Å². The van der Waals surface area contributed by atoms with Crippen LogP contribution in [0.5, 0.6) is 11.5 Å². The second-order valence-electron chi connectivity index (χ2n) is 8.50. The molecule has 0 spiro atoms. The summed E-state index contributed by atoms with van der Waals surface area (Å²) in [5.41, 5.74) is 3.78. The molecule has 1 unspecified atom stereocenters. The van der Waals surface area contributed by atoms with E-state index in [-0.39, 0.29) is 5.75 Å². The average molecular weight is 477 g/mol. The molecule has 0 radical (unpaired) electrons. The van der Waals surface area contributed by atoms with Crippen LogP contribution in [0.3, 0.4) is 0 Å². The molecule has 3 rings (SSSR count). The number of phenols is 1. The van der Waals surface area contributed by atoms with E-state index in [0.29, 0.717) is 11.8 Å². The minimum atomic E-state index is 0.173. The Bertz CT molecular complexity index is 1010. The number of aromatic hydroxyl groups is 1. The average Bonchev–Trinajstić information content (AvgIpc) is 2.88. The number of nitrogens with zero attached hydrogens (tertiary/aromatic N) is 1. The summed E-state index contributed by atoms with van der Waals surface area (Å²) >= 11 is 5.90. The minimum absolute atomic E-state index is 0.173. The van der Waals surface area contributed by atoms with E-state index in [0.717, 1.165) is 55.9 Å². The maximum Gasteiger partial charge on any atom is 0.169 e. The Morgan fingerprint density at radius 3 is 2.18 bits per heavy atom. The molecule has 0 amide bonds. The maximum absolute atomic E-state index is 9.90. The van der Waals surface area contributed by atoms with Crippen molar-refractivity contribution in [2.24, 2.45) is 0 Å². The summed E-state index contributed by atoms with van der Waals surface area (Å²) < 4.78 is 5.28. The van der Waals surface area contributed by atoms with Gasteiger partial charge >= 0.3 is 0 Å².